The highest BCUT2D eigenvalue weighted by molar-refractivity contribution is 6.30. The van der Waals surface area contributed by atoms with E-state index in [1.807, 2.05) is 0 Å². The lowest BCUT2D eigenvalue weighted by atomic mass is 10.0. The lowest BCUT2D eigenvalue weighted by Gasteiger charge is -2.17. The topological polar surface area (TPSA) is 89.9 Å². The molecular formula is C15H16ClF3O6. The molecule has 0 bridgehead atoms. The number of halogens is 4. The summed E-state index contributed by atoms with van der Waals surface area (Å²) in [6.45, 7) is 3.21. The van der Waals surface area contributed by atoms with E-state index in [4.69, 9.17) is 11.6 Å². The van der Waals surface area contributed by atoms with Crippen molar-refractivity contribution in [1.82, 2.24) is 0 Å². The van der Waals surface area contributed by atoms with E-state index in [-0.39, 0.29) is 19.5 Å². The Morgan fingerprint density at radius 3 is 2.12 bits per heavy atom. The number of esters is 2. The number of hydrogen-bond donors (Lipinski definition) is 1. The fraction of sp³-hybridized carbons (Fsp3) is 0.400. The standard InChI is InChI=1S/C9H14O6.C6H2ClF3/c1-3-14-7(11)5-9(13,6-10)8(12)15-4-2;7-5-3(8)1-2-4(9)6(5)10/h6,13H,3-5H2,1-2H3;1-2H. The third kappa shape index (κ3) is 7.10. The van der Waals surface area contributed by atoms with Crippen molar-refractivity contribution in [2.24, 2.45) is 0 Å². The van der Waals surface area contributed by atoms with Gasteiger partial charge in [0.15, 0.2) is 17.9 Å². The first-order chi connectivity index (χ1) is 11.6. The molecule has 1 aromatic rings. The molecule has 1 aromatic carbocycles. The number of benzene rings is 1. The Morgan fingerprint density at radius 1 is 1.16 bits per heavy atom. The van der Waals surface area contributed by atoms with Gasteiger partial charge in [-0.15, -0.1) is 0 Å². The summed E-state index contributed by atoms with van der Waals surface area (Å²) < 4.78 is 45.6. The molecule has 1 rings (SSSR count). The molecule has 140 valence electrons. The van der Waals surface area contributed by atoms with Gasteiger partial charge in [-0.3, -0.25) is 9.59 Å². The molecule has 0 aliphatic carbocycles. The molecule has 10 heteroatoms. The van der Waals surface area contributed by atoms with Crippen molar-refractivity contribution in [3.8, 4) is 0 Å². The molecular weight excluding hydrogens is 369 g/mol. The van der Waals surface area contributed by atoms with Crippen LogP contribution in [-0.4, -0.2) is 42.1 Å². The number of aliphatic hydroxyl groups is 1. The third-order valence-electron chi connectivity index (χ3n) is 2.53. The summed E-state index contributed by atoms with van der Waals surface area (Å²) in [6.07, 6.45) is -0.759. The van der Waals surface area contributed by atoms with Gasteiger partial charge in [-0.1, -0.05) is 11.6 Å². The zero-order valence-electron chi connectivity index (χ0n) is 13.4. The highest BCUT2D eigenvalue weighted by Crippen LogP contribution is 2.20. The summed E-state index contributed by atoms with van der Waals surface area (Å²) in [5, 5.41) is 8.67. The van der Waals surface area contributed by atoms with Gasteiger partial charge in [0.1, 0.15) is 10.8 Å². The summed E-state index contributed by atoms with van der Waals surface area (Å²) in [7, 11) is 0. The number of rotatable bonds is 6. The van der Waals surface area contributed by atoms with Crippen LogP contribution in [0.25, 0.3) is 0 Å². The van der Waals surface area contributed by atoms with Crippen LogP contribution < -0.4 is 0 Å². The highest BCUT2D eigenvalue weighted by atomic mass is 35.5. The number of carbonyl (C=O) groups is 3. The van der Waals surface area contributed by atoms with Crippen molar-refractivity contribution in [3.05, 3.63) is 34.6 Å². The van der Waals surface area contributed by atoms with Crippen LogP contribution >= 0.6 is 11.6 Å². The van der Waals surface area contributed by atoms with E-state index < -0.39 is 46.4 Å². The molecule has 0 saturated carbocycles. The van der Waals surface area contributed by atoms with Gasteiger partial charge in [0, 0.05) is 0 Å². The quantitative estimate of drug-likeness (QED) is 0.266. The van der Waals surface area contributed by atoms with Crippen LogP contribution in [-0.2, 0) is 23.9 Å². The van der Waals surface area contributed by atoms with E-state index in [0.29, 0.717) is 6.07 Å². The summed E-state index contributed by atoms with van der Waals surface area (Å²) in [5.41, 5.74) is -2.44. The van der Waals surface area contributed by atoms with E-state index in [2.05, 4.69) is 9.47 Å². The average molecular weight is 385 g/mol. The zero-order valence-corrected chi connectivity index (χ0v) is 14.1. The summed E-state index contributed by atoms with van der Waals surface area (Å²) >= 11 is 4.99. The molecule has 0 amide bonds. The molecule has 0 saturated heterocycles. The second-order valence-corrected chi connectivity index (χ2v) is 4.78. The highest BCUT2D eigenvalue weighted by Gasteiger charge is 2.40. The van der Waals surface area contributed by atoms with Gasteiger partial charge in [0.2, 0.25) is 5.60 Å². The van der Waals surface area contributed by atoms with E-state index >= 15 is 0 Å². The maximum Gasteiger partial charge on any atom is 0.346 e. The second kappa shape index (κ2) is 10.7. The van der Waals surface area contributed by atoms with Gasteiger partial charge >= 0.3 is 11.9 Å². The molecule has 25 heavy (non-hydrogen) atoms. The number of hydrogen-bond acceptors (Lipinski definition) is 6. The summed E-state index contributed by atoms with van der Waals surface area (Å²) in [6, 6.07) is 1.44. The molecule has 1 N–H and O–H groups in total. The van der Waals surface area contributed by atoms with Crippen LogP contribution in [0.15, 0.2) is 12.1 Å². The predicted molar refractivity (Wildman–Crippen MR) is 80.2 cm³/mol. The monoisotopic (exact) mass is 384 g/mol. The molecule has 0 aliphatic rings. The first-order valence-corrected chi connectivity index (χ1v) is 7.31. The van der Waals surface area contributed by atoms with E-state index in [1.54, 1.807) is 6.92 Å². The normalized spacial score (nSPS) is 12.3. The van der Waals surface area contributed by atoms with Crippen LogP contribution in [0.5, 0.6) is 0 Å². The Morgan fingerprint density at radius 2 is 1.68 bits per heavy atom. The molecule has 0 spiro atoms. The third-order valence-corrected chi connectivity index (χ3v) is 2.88. The van der Waals surface area contributed by atoms with Crippen molar-refractivity contribution < 1.29 is 42.1 Å². The molecule has 1 unspecified atom stereocenters. The van der Waals surface area contributed by atoms with Gasteiger partial charge < -0.3 is 14.6 Å². The molecule has 0 aliphatic heterocycles. The fourth-order valence-corrected chi connectivity index (χ4v) is 1.51. The molecule has 1 atom stereocenters. The van der Waals surface area contributed by atoms with Gasteiger partial charge in [0.25, 0.3) is 0 Å². The fourth-order valence-electron chi connectivity index (χ4n) is 1.35. The minimum Gasteiger partial charge on any atom is -0.466 e. The van der Waals surface area contributed by atoms with Crippen molar-refractivity contribution >= 4 is 29.8 Å². The maximum absolute atomic E-state index is 12.2. The Hall–Kier alpha value is -2.13. The van der Waals surface area contributed by atoms with Crippen molar-refractivity contribution in [1.29, 1.82) is 0 Å². The zero-order chi connectivity index (χ0) is 19.6. The van der Waals surface area contributed by atoms with Crippen molar-refractivity contribution in [3.63, 3.8) is 0 Å². The lowest BCUT2D eigenvalue weighted by Crippen LogP contribution is -2.44. The molecule has 0 aromatic heterocycles. The van der Waals surface area contributed by atoms with Gasteiger partial charge in [0.05, 0.1) is 19.6 Å². The SMILES string of the molecule is CCOC(=O)CC(O)(C=O)C(=O)OCC.Fc1ccc(F)c(Cl)c1F. The molecule has 0 fully saturated rings. The van der Waals surface area contributed by atoms with Crippen LogP contribution in [0.2, 0.25) is 5.02 Å². The van der Waals surface area contributed by atoms with Crippen LogP contribution in [0.3, 0.4) is 0 Å². The van der Waals surface area contributed by atoms with Crippen molar-refractivity contribution in [2.75, 3.05) is 13.2 Å². The number of ether oxygens (including phenoxy) is 2. The predicted octanol–water partition coefficient (Wildman–Crippen LogP) is 2.19. The summed E-state index contributed by atoms with van der Waals surface area (Å²) in [4.78, 5) is 32.6. The smallest absolute Gasteiger partial charge is 0.346 e. The van der Waals surface area contributed by atoms with E-state index in [9.17, 15) is 32.7 Å². The average Bonchev–Trinajstić information content (AvgIpc) is 2.57. The van der Waals surface area contributed by atoms with Crippen LogP contribution in [0, 0.1) is 17.5 Å². The Labute approximate surface area is 146 Å². The molecule has 0 heterocycles. The number of carbonyl (C=O) groups excluding carboxylic acids is 3. The summed E-state index contributed by atoms with van der Waals surface area (Å²) in [5.74, 6) is -5.43. The van der Waals surface area contributed by atoms with Crippen LogP contribution in [0.1, 0.15) is 20.3 Å². The van der Waals surface area contributed by atoms with Crippen LogP contribution in [0.4, 0.5) is 13.2 Å². The Bertz CT molecular complexity index is 599. The minimum atomic E-state index is -2.44. The molecule has 6 nitrogen and oxygen atoms in total. The minimum absolute atomic E-state index is 0.0117. The largest absolute Gasteiger partial charge is 0.466 e. The lowest BCUT2D eigenvalue weighted by molar-refractivity contribution is -0.172. The van der Waals surface area contributed by atoms with Gasteiger partial charge in [-0.2, -0.15) is 0 Å². The number of aldehydes is 1. The first kappa shape index (κ1) is 22.9. The maximum atomic E-state index is 12.2. The second-order valence-electron chi connectivity index (χ2n) is 4.40. The Balaban J connectivity index is 0.000000496. The van der Waals surface area contributed by atoms with E-state index in [0.717, 1.165) is 6.07 Å². The van der Waals surface area contributed by atoms with Gasteiger partial charge in [-0.05, 0) is 26.0 Å². The Kier molecular flexibility index (Phi) is 9.77. The first-order valence-electron chi connectivity index (χ1n) is 6.93. The molecule has 0 radical (unpaired) electrons. The van der Waals surface area contributed by atoms with E-state index in [1.165, 1.54) is 6.92 Å². The van der Waals surface area contributed by atoms with Crippen molar-refractivity contribution in [2.45, 2.75) is 25.9 Å². The van der Waals surface area contributed by atoms with Gasteiger partial charge in [-0.25, -0.2) is 18.0 Å².